The van der Waals surface area contributed by atoms with Crippen molar-refractivity contribution in [2.24, 2.45) is 0 Å². The van der Waals surface area contributed by atoms with Crippen LogP contribution in [-0.2, 0) is 0 Å². The smallest absolute Gasteiger partial charge is 0.423 e. The Kier molecular flexibility index (Phi) is 8.48. The van der Waals surface area contributed by atoms with Crippen LogP contribution in [0.5, 0.6) is 0 Å². The molecule has 0 spiro atoms. The molecular weight excluding hydrogens is 571 g/mol. The Morgan fingerprint density at radius 2 is 0.633 bits per heavy atom. The van der Waals surface area contributed by atoms with E-state index in [0.717, 1.165) is 24.5 Å². The van der Waals surface area contributed by atoms with Crippen molar-refractivity contribution in [2.45, 2.75) is 0 Å². The molecule has 0 aromatic heterocycles. The maximum atomic E-state index is 8.97. The normalized spacial score (nSPS) is 10.2. The first-order valence-corrected chi connectivity index (χ1v) is 11.5. The van der Waals surface area contributed by atoms with Crippen LogP contribution in [0, 0.1) is 0 Å². The molecule has 30 heavy (non-hydrogen) atoms. The minimum Gasteiger partial charge on any atom is -0.423 e. The summed E-state index contributed by atoms with van der Waals surface area (Å²) >= 11 is 10.2. The molecule has 4 aromatic rings. The van der Waals surface area contributed by atoms with E-state index in [-0.39, 0.29) is 0 Å². The van der Waals surface area contributed by atoms with Gasteiger partial charge >= 0.3 is 7.12 Å². The second kappa shape index (κ2) is 11.1. The zero-order valence-electron chi connectivity index (χ0n) is 15.8. The highest BCUT2D eigenvalue weighted by Gasteiger charge is 2.09. The third-order valence-corrected chi connectivity index (χ3v) is 5.99. The van der Waals surface area contributed by atoms with E-state index in [2.05, 4.69) is 96.3 Å². The number of benzene rings is 4. The Bertz CT molecular complexity index is 1020. The third kappa shape index (κ3) is 6.66. The van der Waals surface area contributed by atoms with Crippen molar-refractivity contribution in [1.82, 2.24) is 0 Å². The highest BCUT2D eigenvalue weighted by molar-refractivity contribution is 9.11. The van der Waals surface area contributed by atoms with Gasteiger partial charge < -0.3 is 10.0 Å². The molecule has 0 aliphatic rings. The summed E-state index contributed by atoms with van der Waals surface area (Å²) in [6, 6.07) is 31.8. The van der Waals surface area contributed by atoms with Crippen LogP contribution < -0.4 is 5.46 Å². The minimum absolute atomic E-state index is 0.501. The summed E-state index contributed by atoms with van der Waals surface area (Å²) in [5.74, 6) is 0. The van der Waals surface area contributed by atoms with E-state index in [9.17, 15) is 0 Å². The van der Waals surface area contributed by atoms with E-state index >= 15 is 0 Å². The highest BCUT2D eigenvalue weighted by atomic mass is 79.9. The number of rotatable bonds is 3. The molecule has 2 nitrogen and oxygen atoms in total. The molecule has 0 bridgehead atoms. The first kappa shape index (κ1) is 23.0. The van der Waals surface area contributed by atoms with Gasteiger partial charge in [-0.05, 0) is 64.1 Å². The van der Waals surface area contributed by atoms with Gasteiger partial charge in [0.25, 0.3) is 0 Å². The fraction of sp³-hybridized carbons (Fsp3) is 0. The van der Waals surface area contributed by atoms with Crippen LogP contribution in [-0.4, -0.2) is 17.2 Å². The molecule has 0 aliphatic carbocycles. The van der Waals surface area contributed by atoms with Crippen LogP contribution in [0.4, 0.5) is 0 Å². The molecule has 0 saturated carbocycles. The first-order valence-electron chi connectivity index (χ1n) is 9.16. The molecular formula is C24H18BBr3O2. The standard InChI is InChI=1S/C12H10BBrO2.C12H8Br2/c14-12-7-3-10(4-8-12)9-1-5-11(6-2-9)13(15)16;13-11-5-1-9(2-6-11)10-3-7-12(14)8-4-10/h1-8,15-16H;1-8H. The van der Waals surface area contributed by atoms with E-state index in [1.807, 2.05) is 36.4 Å². The van der Waals surface area contributed by atoms with Gasteiger partial charge in [0, 0.05) is 13.4 Å². The molecule has 2 N–H and O–H groups in total. The predicted octanol–water partition coefficient (Wildman–Crippen LogP) is 6.67. The summed E-state index contributed by atoms with van der Waals surface area (Å²) in [6.45, 7) is 0. The number of halogens is 3. The summed E-state index contributed by atoms with van der Waals surface area (Å²) in [6.07, 6.45) is 0. The maximum Gasteiger partial charge on any atom is 0.488 e. The molecule has 0 amide bonds. The largest absolute Gasteiger partial charge is 0.488 e. The van der Waals surface area contributed by atoms with Crippen molar-refractivity contribution in [3.63, 3.8) is 0 Å². The summed E-state index contributed by atoms with van der Waals surface area (Å²) in [5.41, 5.74) is 5.13. The van der Waals surface area contributed by atoms with E-state index in [0.29, 0.717) is 5.46 Å². The van der Waals surface area contributed by atoms with Crippen LogP contribution in [0.15, 0.2) is 110 Å². The molecule has 0 aliphatic heterocycles. The Balaban J connectivity index is 0.000000172. The molecule has 0 atom stereocenters. The molecule has 4 rings (SSSR count). The first-order chi connectivity index (χ1) is 14.4. The second-order valence-corrected chi connectivity index (χ2v) is 9.26. The lowest BCUT2D eigenvalue weighted by Gasteiger charge is -2.04. The quantitative estimate of drug-likeness (QED) is 0.262. The monoisotopic (exact) mass is 586 g/mol. The Morgan fingerprint density at radius 3 is 0.867 bits per heavy atom. The predicted molar refractivity (Wildman–Crippen MR) is 137 cm³/mol. The Morgan fingerprint density at radius 1 is 0.400 bits per heavy atom. The molecule has 0 heterocycles. The molecule has 150 valence electrons. The molecule has 0 radical (unpaired) electrons. The van der Waals surface area contributed by atoms with Crippen molar-refractivity contribution in [3.05, 3.63) is 110 Å². The summed E-state index contributed by atoms with van der Waals surface area (Å²) < 4.78 is 3.26. The Hall–Kier alpha value is -1.70. The summed E-state index contributed by atoms with van der Waals surface area (Å²) in [7, 11) is -1.40. The van der Waals surface area contributed by atoms with Gasteiger partial charge in [0.15, 0.2) is 0 Å². The molecule has 0 saturated heterocycles. The van der Waals surface area contributed by atoms with Gasteiger partial charge in [-0.2, -0.15) is 0 Å². The topological polar surface area (TPSA) is 40.5 Å². The summed E-state index contributed by atoms with van der Waals surface area (Å²) in [4.78, 5) is 0. The van der Waals surface area contributed by atoms with E-state index in [1.54, 1.807) is 12.1 Å². The fourth-order valence-electron chi connectivity index (χ4n) is 2.77. The Labute approximate surface area is 202 Å². The van der Waals surface area contributed by atoms with Gasteiger partial charge in [0.05, 0.1) is 0 Å². The number of hydrogen-bond acceptors (Lipinski definition) is 2. The van der Waals surface area contributed by atoms with Gasteiger partial charge in [0.2, 0.25) is 0 Å². The van der Waals surface area contributed by atoms with Crippen LogP contribution in [0.1, 0.15) is 0 Å². The van der Waals surface area contributed by atoms with Gasteiger partial charge in [0.1, 0.15) is 0 Å². The van der Waals surface area contributed by atoms with Crippen LogP contribution in [0.2, 0.25) is 0 Å². The van der Waals surface area contributed by atoms with Crippen molar-refractivity contribution >= 4 is 60.4 Å². The lowest BCUT2D eigenvalue weighted by atomic mass is 9.80. The summed E-state index contributed by atoms with van der Waals surface area (Å²) in [5, 5.41) is 17.9. The van der Waals surface area contributed by atoms with Gasteiger partial charge in [-0.15, -0.1) is 0 Å². The minimum atomic E-state index is -1.40. The van der Waals surface area contributed by atoms with Crippen LogP contribution >= 0.6 is 47.8 Å². The van der Waals surface area contributed by atoms with E-state index in [1.165, 1.54) is 11.1 Å². The molecule has 0 unspecified atom stereocenters. The second-order valence-electron chi connectivity index (χ2n) is 6.52. The SMILES string of the molecule is Brc1ccc(-c2ccc(Br)cc2)cc1.OB(O)c1ccc(-c2ccc(Br)cc2)cc1. The molecule has 6 heteroatoms. The third-order valence-electron chi connectivity index (χ3n) is 4.41. The zero-order valence-corrected chi connectivity index (χ0v) is 20.6. The van der Waals surface area contributed by atoms with Crippen molar-refractivity contribution in [2.75, 3.05) is 0 Å². The lowest BCUT2D eigenvalue weighted by molar-refractivity contribution is 0.426. The van der Waals surface area contributed by atoms with Crippen molar-refractivity contribution in [3.8, 4) is 22.3 Å². The van der Waals surface area contributed by atoms with E-state index < -0.39 is 7.12 Å². The van der Waals surface area contributed by atoms with Crippen molar-refractivity contribution < 1.29 is 10.0 Å². The molecule has 0 fully saturated rings. The van der Waals surface area contributed by atoms with Gasteiger partial charge in [-0.1, -0.05) is 108 Å². The number of hydrogen-bond donors (Lipinski definition) is 2. The van der Waals surface area contributed by atoms with E-state index in [4.69, 9.17) is 10.0 Å². The maximum absolute atomic E-state index is 8.97. The van der Waals surface area contributed by atoms with Crippen molar-refractivity contribution in [1.29, 1.82) is 0 Å². The highest BCUT2D eigenvalue weighted by Crippen LogP contribution is 2.23. The molecule has 4 aromatic carbocycles. The fourth-order valence-corrected chi connectivity index (χ4v) is 3.57. The average molecular weight is 589 g/mol. The zero-order chi connectivity index (χ0) is 21.5. The lowest BCUT2D eigenvalue weighted by Crippen LogP contribution is -2.29. The van der Waals surface area contributed by atoms with Gasteiger partial charge in [-0.3, -0.25) is 0 Å². The van der Waals surface area contributed by atoms with Crippen LogP contribution in [0.3, 0.4) is 0 Å². The van der Waals surface area contributed by atoms with Crippen LogP contribution in [0.25, 0.3) is 22.3 Å². The average Bonchev–Trinajstić information content (AvgIpc) is 2.76. The van der Waals surface area contributed by atoms with Gasteiger partial charge in [-0.25, -0.2) is 0 Å².